The summed E-state index contributed by atoms with van der Waals surface area (Å²) in [6, 6.07) is 13.5. The number of carbonyl (C=O) groups excluding carboxylic acids is 2. The quantitative estimate of drug-likeness (QED) is 0.0316. The minimum atomic E-state index is -5.29. The van der Waals surface area contributed by atoms with Crippen LogP contribution in [0.1, 0.15) is 6.92 Å². The lowest BCUT2D eigenvalue weighted by molar-refractivity contribution is -0.126. The predicted octanol–water partition coefficient (Wildman–Crippen LogP) is 5.24. The smallest absolute Gasteiger partial charge is 0.296 e. The molecule has 0 spiro atoms. The van der Waals surface area contributed by atoms with Crippen LogP contribution < -0.4 is 14.8 Å². The van der Waals surface area contributed by atoms with Gasteiger partial charge < -0.3 is 35.2 Å². The number of fused-ring (bicyclic) bond motifs is 1. The molecule has 332 valence electrons. The second-order valence-corrected chi connectivity index (χ2v) is 16.8. The summed E-state index contributed by atoms with van der Waals surface area (Å²) < 4.78 is 114. The number of hydrogen-bond acceptors (Lipinski definition) is 20. The van der Waals surface area contributed by atoms with Gasteiger partial charge in [-0.05, 0) is 54.8 Å². The molecule has 0 aliphatic rings. The fourth-order valence-corrected chi connectivity index (χ4v) is 7.20. The van der Waals surface area contributed by atoms with E-state index in [0.29, 0.717) is 23.9 Å². The summed E-state index contributed by atoms with van der Waals surface area (Å²) in [5.74, 6) is -4.21. The molecule has 1 amide bonds. The van der Waals surface area contributed by atoms with Gasteiger partial charge in [0, 0.05) is 23.9 Å². The highest BCUT2D eigenvalue weighted by atomic mass is 32.2. The van der Waals surface area contributed by atoms with Crippen LogP contribution in [-0.4, -0.2) is 103 Å². The number of carbonyl (C=O) groups is 2. The zero-order chi connectivity index (χ0) is 46.3. The highest BCUT2D eigenvalue weighted by Crippen LogP contribution is 2.47. The predicted molar refractivity (Wildman–Crippen MR) is 217 cm³/mol. The van der Waals surface area contributed by atoms with Gasteiger partial charge in [0.2, 0.25) is 6.04 Å². The normalized spacial score (nSPS) is 12.9. The summed E-state index contributed by atoms with van der Waals surface area (Å²) in [7, 11) is -15.3. The number of phenols is 2. The van der Waals surface area contributed by atoms with Gasteiger partial charge in [0.1, 0.15) is 63.0 Å². The van der Waals surface area contributed by atoms with Crippen molar-refractivity contribution in [1.29, 1.82) is 0 Å². The van der Waals surface area contributed by atoms with Gasteiger partial charge in [-0.15, -0.1) is 20.5 Å². The number of ketones is 1. The van der Waals surface area contributed by atoms with Crippen LogP contribution in [0.5, 0.6) is 23.0 Å². The second-order valence-electron chi connectivity index (χ2n) is 12.6. The molecule has 8 N–H and O–H groups in total. The van der Waals surface area contributed by atoms with Crippen molar-refractivity contribution in [2.75, 3.05) is 31.7 Å². The van der Waals surface area contributed by atoms with Gasteiger partial charge in [0.15, 0.2) is 11.5 Å². The molecule has 1 unspecified atom stereocenters. The first-order chi connectivity index (χ1) is 29.6. The van der Waals surface area contributed by atoms with Crippen LogP contribution in [0.25, 0.3) is 10.8 Å². The van der Waals surface area contributed by atoms with E-state index >= 15 is 0 Å². The molecule has 24 nitrogen and oxygen atoms in total. The Morgan fingerprint density at radius 3 is 1.78 bits per heavy atom. The summed E-state index contributed by atoms with van der Waals surface area (Å²) in [5, 5.41) is 65.0. The first-order valence-corrected chi connectivity index (χ1v) is 21.8. The number of aliphatic hydroxyl groups is 2. The number of aliphatic hydroxyl groups excluding tert-OH is 2. The standard InChI is InChI=1S/C36H33N7O17S3/c1-19(46)33(36(49)37-21-5-3-2-4-6-21)42-38-22-7-8-24(30(15-22)62(53,54)55)39-40-25-17-29(60-12-10-45)26(18-28(25)59-11-9-44)41-43-34-31(63(56,57)58)14-20-13-23(61(50,51)52)16-27(47)32(20)35(34)48/h2-8,13-18,33,44-45,47-48H,9-12H2,1H3,(H,37,49)(H,50,51,52)(H,53,54,55)(H,56,57,58)/b40-39+,42-38+,43-41+. The van der Waals surface area contributed by atoms with Crippen LogP contribution in [0.3, 0.4) is 0 Å². The number of nitrogens with zero attached hydrogens (tertiary/aromatic N) is 6. The summed E-state index contributed by atoms with van der Waals surface area (Å²) in [6.45, 7) is -0.877. The molecule has 0 fully saturated rings. The number of ether oxygens (including phenoxy) is 2. The molecule has 5 aromatic carbocycles. The van der Waals surface area contributed by atoms with E-state index in [1.165, 1.54) is 0 Å². The molecule has 0 aliphatic carbocycles. The van der Waals surface area contributed by atoms with Crippen molar-refractivity contribution >= 4 is 86.9 Å². The largest absolute Gasteiger partial charge is 0.507 e. The summed E-state index contributed by atoms with van der Waals surface area (Å²) in [6.07, 6.45) is 0. The van der Waals surface area contributed by atoms with Crippen LogP contribution in [0.4, 0.5) is 34.1 Å². The van der Waals surface area contributed by atoms with Crippen molar-refractivity contribution in [2.45, 2.75) is 27.7 Å². The molecule has 0 saturated carbocycles. The fourth-order valence-electron chi connectivity index (χ4n) is 5.36. The van der Waals surface area contributed by atoms with Crippen molar-refractivity contribution in [3.8, 4) is 23.0 Å². The lowest BCUT2D eigenvalue weighted by Gasteiger charge is -2.13. The maximum absolute atomic E-state index is 12.7. The fraction of sp³-hybridized carbons (Fsp3) is 0.167. The average Bonchev–Trinajstić information content (AvgIpc) is 3.20. The third kappa shape index (κ3) is 11.7. The van der Waals surface area contributed by atoms with Crippen molar-refractivity contribution in [3.05, 3.63) is 78.9 Å². The van der Waals surface area contributed by atoms with Gasteiger partial charge in [-0.25, -0.2) is 0 Å². The monoisotopic (exact) mass is 931 g/mol. The van der Waals surface area contributed by atoms with E-state index in [0.717, 1.165) is 37.3 Å². The average molecular weight is 932 g/mol. The zero-order valence-corrected chi connectivity index (χ0v) is 34.5. The molecule has 0 radical (unpaired) electrons. The Balaban J connectivity index is 1.57. The third-order valence-corrected chi connectivity index (χ3v) is 10.7. The number of amides is 1. The van der Waals surface area contributed by atoms with Gasteiger partial charge in [0.05, 0.1) is 29.2 Å². The van der Waals surface area contributed by atoms with Gasteiger partial charge in [-0.1, -0.05) is 18.2 Å². The molecule has 0 aromatic heterocycles. The van der Waals surface area contributed by atoms with Crippen LogP contribution in [0, 0.1) is 0 Å². The van der Waals surface area contributed by atoms with Gasteiger partial charge in [-0.3, -0.25) is 23.2 Å². The topological polar surface area (TPSA) is 383 Å². The minimum Gasteiger partial charge on any atom is -0.507 e. The van der Waals surface area contributed by atoms with E-state index in [1.54, 1.807) is 30.3 Å². The number of azo groups is 3. The van der Waals surface area contributed by atoms with E-state index in [4.69, 9.17) is 9.47 Å². The van der Waals surface area contributed by atoms with Crippen LogP contribution in [0.15, 0.2) is 124 Å². The SMILES string of the molecule is CC(=O)C(/N=N/c1ccc(/N=N/c2cc(OCCO)c(/N=N/c3c(S(=O)(=O)O)cc4cc(S(=O)(=O)O)cc(O)c4c3O)cc2OCCO)c(S(=O)(=O)O)c1)C(=O)Nc1ccccc1. The lowest BCUT2D eigenvalue weighted by Crippen LogP contribution is -2.31. The first kappa shape index (κ1) is 47.2. The summed E-state index contributed by atoms with van der Waals surface area (Å²) in [4.78, 5) is 22.1. The molecular weight excluding hydrogens is 899 g/mol. The molecule has 5 rings (SSSR count). The van der Waals surface area contributed by atoms with E-state index in [-0.39, 0.29) is 28.6 Å². The minimum absolute atomic E-state index is 0.241. The molecule has 1 atom stereocenters. The second kappa shape index (κ2) is 19.5. The Bertz CT molecular complexity index is 3020. The Morgan fingerprint density at radius 1 is 0.667 bits per heavy atom. The van der Waals surface area contributed by atoms with E-state index in [2.05, 4.69) is 36.0 Å². The highest BCUT2D eigenvalue weighted by Gasteiger charge is 2.27. The van der Waals surface area contributed by atoms with Crippen LogP contribution >= 0.6 is 0 Å². The zero-order valence-electron chi connectivity index (χ0n) is 32.0. The molecule has 0 heterocycles. The maximum Gasteiger partial charge on any atom is 0.296 e. The Morgan fingerprint density at radius 2 is 1.24 bits per heavy atom. The molecule has 5 aromatic rings. The number of Topliss-reactive ketones (excluding diaryl/α,β-unsaturated/α-hetero) is 1. The molecule has 63 heavy (non-hydrogen) atoms. The van der Waals surface area contributed by atoms with E-state index < -0.39 is 123 Å². The van der Waals surface area contributed by atoms with Crippen LogP contribution in [-0.2, 0) is 39.9 Å². The van der Waals surface area contributed by atoms with Gasteiger partial charge in [-0.2, -0.15) is 35.5 Å². The number of aromatic hydroxyl groups is 2. The van der Waals surface area contributed by atoms with Crippen LogP contribution in [0.2, 0.25) is 0 Å². The summed E-state index contributed by atoms with van der Waals surface area (Å²) >= 11 is 0. The number of hydrogen-bond donors (Lipinski definition) is 8. The Hall–Kier alpha value is -6.85. The number of rotatable bonds is 18. The number of nitrogens with one attached hydrogen (secondary N) is 1. The molecule has 27 heteroatoms. The number of anilines is 1. The van der Waals surface area contributed by atoms with Crippen molar-refractivity contribution in [3.63, 3.8) is 0 Å². The highest BCUT2D eigenvalue weighted by molar-refractivity contribution is 7.86. The van der Waals surface area contributed by atoms with Crippen molar-refractivity contribution in [2.24, 2.45) is 30.7 Å². The number of para-hydroxylation sites is 1. The van der Waals surface area contributed by atoms with Gasteiger partial charge in [0.25, 0.3) is 36.3 Å². The first-order valence-electron chi connectivity index (χ1n) is 17.5. The molecule has 0 saturated heterocycles. The molecular formula is C36H33N7O17S3. The Kier molecular flexibility index (Phi) is 14.6. The van der Waals surface area contributed by atoms with Crippen molar-refractivity contribution in [1.82, 2.24) is 0 Å². The molecule has 0 aliphatic heterocycles. The maximum atomic E-state index is 12.7. The van der Waals surface area contributed by atoms with Gasteiger partial charge >= 0.3 is 0 Å². The van der Waals surface area contributed by atoms with Crippen molar-refractivity contribution < 1.29 is 78.4 Å². The summed E-state index contributed by atoms with van der Waals surface area (Å²) in [5.41, 5.74) is -1.99. The van der Waals surface area contributed by atoms with E-state index in [9.17, 15) is 68.9 Å². The lowest BCUT2D eigenvalue weighted by atomic mass is 10.1. The number of phenolic OH excluding ortho intramolecular Hbond substituents is 2. The third-order valence-electron chi connectivity index (χ3n) is 8.12. The molecule has 0 bridgehead atoms. The van der Waals surface area contributed by atoms with E-state index in [1.807, 2.05) is 0 Å². The Labute approximate surface area is 356 Å². The number of benzene rings is 5.